The highest BCUT2D eigenvalue weighted by Crippen LogP contribution is 2.32. The molecule has 0 spiro atoms. The number of halogens is 1. The number of nitro groups is 1. The Morgan fingerprint density at radius 1 is 1.26 bits per heavy atom. The second-order valence-corrected chi connectivity index (χ2v) is 6.96. The lowest BCUT2D eigenvalue weighted by Gasteiger charge is -2.11. The topological polar surface area (TPSA) is 137 Å². The van der Waals surface area contributed by atoms with Gasteiger partial charge in [0.25, 0.3) is 5.69 Å². The monoisotopic (exact) mass is 444 g/mol. The van der Waals surface area contributed by atoms with E-state index in [9.17, 15) is 19.7 Å². The van der Waals surface area contributed by atoms with Crippen molar-refractivity contribution in [3.8, 4) is 11.5 Å². The van der Waals surface area contributed by atoms with Crippen molar-refractivity contribution in [3.63, 3.8) is 0 Å². The quantitative estimate of drug-likeness (QED) is 0.391. The molecule has 160 valence electrons. The summed E-state index contributed by atoms with van der Waals surface area (Å²) < 4.78 is 6.93. The van der Waals surface area contributed by atoms with E-state index >= 15 is 0 Å². The van der Waals surface area contributed by atoms with Gasteiger partial charge in [0.15, 0.2) is 0 Å². The Morgan fingerprint density at radius 3 is 2.71 bits per heavy atom. The highest BCUT2D eigenvalue weighted by Gasteiger charge is 2.15. The molecular weight excluding hydrogens is 428 g/mol. The van der Waals surface area contributed by atoms with Gasteiger partial charge in [-0.1, -0.05) is 11.6 Å². The van der Waals surface area contributed by atoms with Gasteiger partial charge in [0, 0.05) is 29.8 Å². The fraction of sp³-hybridized carbons (Fsp3) is 0.150. The van der Waals surface area contributed by atoms with Crippen LogP contribution in [0.1, 0.15) is 22.5 Å². The predicted molar refractivity (Wildman–Crippen MR) is 112 cm³/mol. The smallest absolute Gasteiger partial charge is 0.354 e. The highest BCUT2D eigenvalue weighted by atomic mass is 35.5. The van der Waals surface area contributed by atoms with Gasteiger partial charge < -0.3 is 15.2 Å². The standard InChI is InChI=1S/C20H17ClN4O6/c1-12-8-13(21)2-3-18(12)31-16-10-14(9-15(11-16)25(29)30)23-19(26)5-7-24-17(20(27)28)4-6-22-24/h2-4,6,8-11H,5,7H2,1H3,(H,23,26)(H,27,28). The molecular formula is C20H17ClN4O6. The first kappa shape index (κ1) is 21.8. The average molecular weight is 445 g/mol. The van der Waals surface area contributed by atoms with Crippen molar-refractivity contribution < 1.29 is 24.4 Å². The Hall–Kier alpha value is -3.92. The maximum absolute atomic E-state index is 12.3. The zero-order valence-electron chi connectivity index (χ0n) is 16.2. The molecule has 1 amide bonds. The maximum Gasteiger partial charge on any atom is 0.354 e. The van der Waals surface area contributed by atoms with Crippen molar-refractivity contribution in [1.29, 1.82) is 0 Å². The van der Waals surface area contributed by atoms with Crippen LogP contribution in [0.25, 0.3) is 0 Å². The Kier molecular flexibility index (Phi) is 6.51. The Morgan fingerprint density at radius 2 is 2.03 bits per heavy atom. The van der Waals surface area contributed by atoms with Crippen LogP contribution < -0.4 is 10.1 Å². The molecule has 0 fully saturated rings. The van der Waals surface area contributed by atoms with Crippen LogP contribution in [0, 0.1) is 17.0 Å². The Labute approximate surface area is 181 Å². The van der Waals surface area contributed by atoms with E-state index in [4.69, 9.17) is 21.4 Å². The van der Waals surface area contributed by atoms with Crippen molar-refractivity contribution in [2.45, 2.75) is 19.9 Å². The van der Waals surface area contributed by atoms with Gasteiger partial charge in [0.2, 0.25) is 5.91 Å². The van der Waals surface area contributed by atoms with E-state index in [1.54, 1.807) is 25.1 Å². The molecule has 0 atom stereocenters. The first-order chi connectivity index (χ1) is 14.7. The number of aromatic carboxylic acids is 1. The lowest BCUT2D eigenvalue weighted by molar-refractivity contribution is -0.384. The minimum absolute atomic E-state index is 0.0305. The molecule has 1 aromatic heterocycles. The third kappa shape index (κ3) is 5.58. The average Bonchev–Trinajstić information content (AvgIpc) is 3.17. The summed E-state index contributed by atoms with van der Waals surface area (Å²) in [4.78, 5) is 34.1. The van der Waals surface area contributed by atoms with E-state index in [1.807, 2.05) is 0 Å². The summed E-state index contributed by atoms with van der Waals surface area (Å²) in [5, 5.41) is 27.3. The molecule has 0 saturated carbocycles. The minimum Gasteiger partial charge on any atom is -0.477 e. The fourth-order valence-electron chi connectivity index (χ4n) is 2.80. The number of aromatic nitrogens is 2. The second kappa shape index (κ2) is 9.26. The number of nitrogens with one attached hydrogen (secondary N) is 1. The number of carbonyl (C=O) groups is 2. The molecule has 1 heterocycles. The predicted octanol–water partition coefficient (Wildman–Crippen LogP) is 4.27. The Balaban J connectivity index is 1.75. The van der Waals surface area contributed by atoms with Gasteiger partial charge in [-0.25, -0.2) is 4.79 Å². The number of nitro benzene ring substituents is 1. The van der Waals surface area contributed by atoms with Crippen LogP contribution in [-0.4, -0.2) is 31.7 Å². The molecule has 0 unspecified atom stereocenters. The van der Waals surface area contributed by atoms with Crippen molar-refractivity contribution >= 4 is 34.9 Å². The number of carbonyl (C=O) groups excluding carboxylic acids is 1. The van der Waals surface area contributed by atoms with E-state index < -0.39 is 16.8 Å². The highest BCUT2D eigenvalue weighted by molar-refractivity contribution is 6.30. The summed E-state index contributed by atoms with van der Waals surface area (Å²) >= 11 is 5.93. The fourth-order valence-corrected chi connectivity index (χ4v) is 3.02. The van der Waals surface area contributed by atoms with E-state index in [1.165, 1.54) is 35.1 Å². The third-order valence-corrected chi connectivity index (χ3v) is 4.47. The molecule has 0 aliphatic carbocycles. The van der Waals surface area contributed by atoms with Crippen LogP contribution in [0.3, 0.4) is 0 Å². The molecule has 2 N–H and O–H groups in total. The Bertz CT molecular complexity index is 1160. The number of rotatable bonds is 8. The second-order valence-electron chi connectivity index (χ2n) is 6.53. The van der Waals surface area contributed by atoms with Gasteiger partial charge in [-0.3, -0.25) is 19.6 Å². The summed E-state index contributed by atoms with van der Waals surface area (Å²) in [6.07, 6.45) is 1.24. The van der Waals surface area contributed by atoms with Gasteiger partial charge in [0.05, 0.1) is 23.2 Å². The van der Waals surface area contributed by atoms with E-state index in [0.717, 1.165) is 5.56 Å². The van der Waals surface area contributed by atoms with Crippen LogP contribution in [0.15, 0.2) is 48.7 Å². The van der Waals surface area contributed by atoms with Crippen molar-refractivity contribution in [2.75, 3.05) is 5.32 Å². The number of hydrogen-bond acceptors (Lipinski definition) is 6. The van der Waals surface area contributed by atoms with Gasteiger partial charge in [-0.15, -0.1) is 0 Å². The van der Waals surface area contributed by atoms with Crippen molar-refractivity contribution in [1.82, 2.24) is 9.78 Å². The van der Waals surface area contributed by atoms with Crippen LogP contribution in [0.2, 0.25) is 5.02 Å². The van der Waals surface area contributed by atoms with E-state index in [0.29, 0.717) is 10.8 Å². The van der Waals surface area contributed by atoms with Gasteiger partial charge >= 0.3 is 5.97 Å². The summed E-state index contributed by atoms with van der Waals surface area (Å²) in [5.74, 6) is -1.01. The van der Waals surface area contributed by atoms with Gasteiger partial charge in [-0.05, 0) is 36.8 Å². The molecule has 31 heavy (non-hydrogen) atoms. The summed E-state index contributed by atoms with van der Waals surface area (Å²) in [5.41, 5.74) is 0.592. The number of amides is 1. The SMILES string of the molecule is Cc1cc(Cl)ccc1Oc1cc(NC(=O)CCn2nccc2C(=O)O)cc([N+](=O)[O-])c1. The number of hydrogen-bond donors (Lipinski definition) is 2. The van der Waals surface area contributed by atoms with Crippen molar-refractivity contribution in [3.05, 3.63) is 75.1 Å². The zero-order chi connectivity index (χ0) is 22.5. The molecule has 0 saturated heterocycles. The van der Waals surface area contributed by atoms with Crippen LogP contribution in [0.4, 0.5) is 11.4 Å². The molecule has 0 bridgehead atoms. The number of anilines is 1. The van der Waals surface area contributed by atoms with Gasteiger partial charge in [-0.2, -0.15) is 5.10 Å². The number of ether oxygens (including phenoxy) is 1. The maximum atomic E-state index is 12.3. The number of aryl methyl sites for hydroxylation is 2. The first-order valence-corrected chi connectivity index (χ1v) is 9.39. The number of nitrogens with zero attached hydrogens (tertiary/aromatic N) is 3. The molecule has 2 aromatic carbocycles. The van der Waals surface area contributed by atoms with Gasteiger partial charge in [0.1, 0.15) is 17.2 Å². The molecule has 3 aromatic rings. The lowest BCUT2D eigenvalue weighted by Crippen LogP contribution is -2.17. The minimum atomic E-state index is -1.16. The molecule has 0 aliphatic heterocycles. The number of benzene rings is 2. The summed E-state index contributed by atoms with van der Waals surface area (Å²) in [6.45, 7) is 1.81. The number of carboxylic acid groups (broad SMARTS) is 1. The third-order valence-electron chi connectivity index (χ3n) is 4.24. The zero-order valence-corrected chi connectivity index (χ0v) is 17.0. The largest absolute Gasteiger partial charge is 0.477 e. The number of non-ortho nitro benzene ring substituents is 1. The van der Waals surface area contributed by atoms with Crippen molar-refractivity contribution in [2.24, 2.45) is 0 Å². The summed E-state index contributed by atoms with van der Waals surface area (Å²) in [7, 11) is 0. The van der Waals surface area contributed by atoms with E-state index in [2.05, 4.69) is 10.4 Å². The van der Waals surface area contributed by atoms with Crippen LogP contribution >= 0.6 is 11.6 Å². The van der Waals surface area contributed by atoms with E-state index in [-0.39, 0.29) is 35.8 Å². The molecule has 0 radical (unpaired) electrons. The van der Waals surface area contributed by atoms with Crippen LogP contribution in [-0.2, 0) is 11.3 Å². The summed E-state index contributed by atoms with van der Waals surface area (Å²) in [6, 6.07) is 10.2. The normalized spacial score (nSPS) is 10.5. The lowest BCUT2D eigenvalue weighted by atomic mass is 10.2. The van der Waals surface area contributed by atoms with Crippen LogP contribution in [0.5, 0.6) is 11.5 Å². The molecule has 11 heteroatoms. The molecule has 3 rings (SSSR count). The number of carboxylic acids is 1. The first-order valence-electron chi connectivity index (χ1n) is 9.01. The molecule has 10 nitrogen and oxygen atoms in total. The molecule has 0 aliphatic rings.